The van der Waals surface area contributed by atoms with Crippen LogP contribution in [0.1, 0.15) is 11.1 Å². The first-order valence-electron chi connectivity index (χ1n) is 8.96. The second-order valence-electron chi connectivity index (χ2n) is 6.66. The van der Waals surface area contributed by atoms with Crippen molar-refractivity contribution in [3.8, 4) is 22.3 Å². The van der Waals surface area contributed by atoms with Gasteiger partial charge in [0, 0.05) is 30.2 Å². The van der Waals surface area contributed by atoms with Crippen molar-refractivity contribution >= 4 is 0 Å². The van der Waals surface area contributed by atoms with Gasteiger partial charge in [-0.25, -0.2) is 0 Å². The van der Waals surface area contributed by atoms with Gasteiger partial charge in [0.2, 0.25) is 0 Å². The Morgan fingerprint density at radius 3 is 2.33 bits per heavy atom. The van der Waals surface area contributed by atoms with Crippen molar-refractivity contribution in [2.45, 2.75) is 13.5 Å². The molecule has 0 aliphatic rings. The third kappa shape index (κ3) is 3.72. The molecule has 0 spiro atoms. The first kappa shape index (κ1) is 17.0. The lowest BCUT2D eigenvalue weighted by Gasteiger charge is -2.14. The van der Waals surface area contributed by atoms with Crippen LogP contribution in [-0.4, -0.2) is 9.55 Å². The zero-order valence-corrected chi connectivity index (χ0v) is 15.2. The lowest BCUT2D eigenvalue weighted by Crippen LogP contribution is -2.20. The maximum Gasteiger partial charge on any atom is 0.251 e. The molecule has 3 nitrogen and oxygen atoms in total. The van der Waals surface area contributed by atoms with Crippen LogP contribution >= 0.6 is 0 Å². The van der Waals surface area contributed by atoms with Gasteiger partial charge in [-0.2, -0.15) is 0 Å². The van der Waals surface area contributed by atoms with Gasteiger partial charge >= 0.3 is 0 Å². The van der Waals surface area contributed by atoms with E-state index in [-0.39, 0.29) is 5.56 Å². The third-order valence-corrected chi connectivity index (χ3v) is 4.64. The molecule has 3 heteroatoms. The summed E-state index contributed by atoms with van der Waals surface area (Å²) in [4.78, 5) is 17.0. The van der Waals surface area contributed by atoms with E-state index in [4.69, 9.17) is 0 Å². The van der Waals surface area contributed by atoms with Gasteiger partial charge in [-0.15, -0.1) is 0 Å². The van der Waals surface area contributed by atoms with Crippen LogP contribution in [0, 0.1) is 6.92 Å². The summed E-state index contributed by atoms with van der Waals surface area (Å²) in [7, 11) is 0. The van der Waals surface area contributed by atoms with E-state index in [1.165, 1.54) is 5.56 Å². The summed E-state index contributed by atoms with van der Waals surface area (Å²) in [5.41, 5.74) is 6.32. The van der Waals surface area contributed by atoms with Crippen molar-refractivity contribution in [2.75, 3.05) is 0 Å². The molecular formula is C24H20N2O. The topological polar surface area (TPSA) is 34.9 Å². The van der Waals surface area contributed by atoms with Crippen LogP contribution in [0.5, 0.6) is 0 Å². The first-order chi connectivity index (χ1) is 13.2. The van der Waals surface area contributed by atoms with Crippen molar-refractivity contribution in [1.82, 2.24) is 9.55 Å². The predicted octanol–water partition coefficient (Wildman–Crippen LogP) is 4.93. The fourth-order valence-electron chi connectivity index (χ4n) is 3.29. The number of nitrogens with zero attached hydrogens (tertiary/aromatic N) is 2. The molecule has 0 saturated carbocycles. The van der Waals surface area contributed by atoms with Crippen molar-refractivity contribution < 1.29 is 0 Å². The molecule has 0 fully saturated rings. The van der Waals surface area contributed by atoms with Crippen LogP contribution in [-0.2, 0) is 6.54 Å². The summed E-state index contributed by atoms with van der Waals surface area (Å²) in [5, 5.41) is 0. The Morgan fingerprint density at radius 1 is 0.815 bits per heavy atom. The summed E-state index contributed by atoms with van der Waals surface area (Å²) in [6, 6.07) is 24.0. The van der Waals surface area contributed by atoms with Crippen LogP contribution < -0.4 is 5.56 Å². The molecule has 2 aromatic heterocycles. The number of pyridine rings is 2. The van der Waals surface area contributed by atoms with Gasteiger partial charge in [-0.3, -0.25) is 9.78 Å². The summed E-state index contributed by atoms with van der Waals surface area (Å²) in [6.45, 7) is 2.61. The number of rotatable bonds is 4. The molecule has 0 N–H and O–H groups in total. The van der Waals surface area contributed by atoms with Crippen molar-refractivity contribution in [2.24, 2.45) is 0 Å². The molecule has 27 heavy (non-hydrogen) atoms. The van der Waals surface area contributed by atoms with E-state index < -0.39 is 0 Å². The van der Waals surface area contributed by atoms with Crippen LogP contribution in [0.3, 0.4) is 0 Å². The molecule has 0 bridgehead atoms. The largest absolute Gasteiger partial charge is 0.310 e. The molecule has 132 valence electrons. The molecule has 2 heterocycles. The zero-order chi connectivity index (χ0) is 18.6. The third-order valence-electron chi connectivity index (χ3n) is 4.64. The predicted molar refractivity (Wildman–Crippen MR) is 110 cm³/mol. The van der Waals surface area contributed by atoms with Crippen molar-refractivity contribution in [1.29, 1.82) is 0 Å². The number of aryl methyl sites for hydroxylation is 1. The maximum absolute atomic E-state index is 12.8. The highest BCUT2D eigenvalue weighted by Crippen LogP contribution is 2.31. The smallest absolute Gasteiger partial charge is 0.251 e. The number of benzene rings is 2. The Bertz CT molecular complexity index is 1120. The Balaban J connectivity index is 1.89. The van der Waals surface area contributed by atoms with Gasteiger partial charge < -0.3 is 4.57 Å². The molecule has 4 aromatic rings. The molecule has 0 unspecified atom stereocenters. The SMILES string of the molecule is Cc1cccc(-c2cc(=O)n(Cc3ccccc3)cc2-c2ccncc2)c1. The lowest BCUT2D eigenvalue weighted by molar-refractivity contribution is 0.761. The van der Waals surface area contributed by atoms with E-state index in [1.807, 2.05) is 60.8 Å². The average molecular weight is 352 g/mol. The van der Waals surface area contributed by atoms with Gasteiger partial charge in [0.05, 0.1) is 6.54 Å². The number of hydrogen-bond donors (Lipinski definition) is 0. The molecule has 4 rings (SSSR count). The highest BCUT2D eigenvalue weighted by molar-refractivity contribution is 5.82. The Morgan fingerprint density at radius 2 is 1.59 bits per heavy atom. The molecule has 0 aliphatic heterocycles. The van der Waals surface area contributed by atoms with Gasteiger partial charge in [-0.05, 0) is 41.3 Å². The monoisotopic (exact) mass is 352 g/mol. The minimum Gasteiger partial charge on any atom is -0.310 e. The van der Waals surface area contributed by atoms with E-state index in [0.29, 0.717) is 6.54 Å². The second kappa shape index (κ2) is 7.42. The molecular weight excluding hydrogens is 332 g/mol. The van der Waals surface area contributed by atoms with E-state index in [0.717, 1.165) is 27.8 Å². The first-order valence-corrected chi connectivity index (χ1v) is 8.96. The van der Waals surface area contributed by atoms with Crippen LogP contribution in [0.15, 0.2) is 96.2 Å². The maximum atomic E-state index is 12.8. The molecule has 0 amide bonds. The molecule has 2 aromatic carbocycles. The summed E-state index contributed by atoms with van der Waals surface area (Å²) < 4.78 is 1.77. The Labute approximate surface area is 158 Å². The zero-order valence-electron chi connectivity index (χ0n) is 15.2. The van der Waals surface area contributed by atoms with E-state index in [1.54, 1.807) is 23.0 Å². The van der Waals surface area contributed by atoms with Gasteiger partial charge in [-0.1, -0.05) is 60.2 Å². The minimum atomic E-state index is -0.00633. The fraction of sp³-hybridized carbons (Fsp3) is 0.0833. The van der Waals surface area contributed by atoms with Crippen molar-refractivity contribution in [3.63, 3.8) is 0 Å². The van der Waals surface area contributed by atoms with Gasteiger partial charge in [0.1, 0.15) is 0 Å². The molecule has 0 radical (unpaired) electrons. The van der Waals surface area contributed by atoms with Crippen molar-refractivity contribution in [3.05, 3.63) is 113 Å². The standard InChI is InChI=1S/C24H20N2O/c1-18-6-5-9-21(14-18)22-15-24(27)26(16-19-7-3-2-4-8-19)17-23(22)20-10-12-25-13-11-20/h2-15,17H,16H2,1H3. The van der Waals surface area contributed by atoms with E-state index in [9.17, 15) is 4.79 Å². The lowest BCUT2D eigenvalue weighted by atomic mass is 9.96. The van der Waals surface area contributed by atoms with Crippen LogP contribution in [0.2, 0.25) is 0 Å². The van der Waals surface area contributed by atoms with Crippen LogP contribution in [0.25, 0.3) is 22.3 Å². The highest BCUT2D eigenvalue weighted by atomic mass is 16.1. The Kier molecular flexibility index (Phi) is 4.67. The number of aromatic nitrogens is 2. The van der Waals surface area contributed by atoms with E-state index in [2.05, 4.69) is 24.0 Å². The van der Waals surface area contributed by atoms with E-state index >= 15 is 0 Å². The Hall–Kier alpha value is -3.46. The highest BCUT2D eigenvalue weighted by Gasteiger charge is 2.12. The molecule has 0 aliphatic carbocycles. The molecule has 0 saturated heterocycles. The minimum absolute atomic E-state index is 0.00633. The molecule has 0 atom stereocenters. The van der Waals surface area contributed by atoms with Crippen LogP contribution in [0.4, 0.5) is 0 Å². The summed E-state index contributed by atoms with van der Waals surface area (Å²) >= 11 is 0. The summed E-state index contributed by atoms with van der Waals surface area (Å²) in [5.74, 6) is 0. The fourth-order valence-corrected chi connectivity index (χ4v) is 3.29. The summed E-state index contributed by atoms with van der Waals surface area (Å²) in [6.07, 6.45) is 5.52. The quantitative estimate of drug-likeness (QED) is 0.522. The average Bonchev–Trinajstić information content (AvgIpc) is 2.71. The number of hydrogen-bond acceptors (Lipinski definition) is 2. The van der Waals surface area contributed by atoms with Gasteiger partial charge in [0.25, 0.3) is 5.56 Å². The van der Waals surface area contributed by atoms with Gasteiger partial charge in [0.15, 0.2) is 0 Å². The second-order valence-corrected chi connectivity index (χ2v) is 6.66. The normalized spacial score (nSPS) is 10.7.